The average Bonchev–Trinajstić information content (AvgIpc) is 3.13. The Kier molecular flexibility index (Phi) is 4.30. The molecule has 6 heteroatoms. The van der Waals surface area contributed by atoms with E-state index >= 15 is 0 Å². The molecule has 0 radical (unpaired) electrons. The van der Waals surface area contributed by atoms with Crippen molar-refractivity contribution in [3.05, 3.63) is 88.5 Å². The molecule has 0 fully saturated rings. The highest BCUT2D eigenvalue weighted by Crippen LogP contribution is 2.20. The Labute approximate surface area is 155 Å². The van der Waals surface area contributed by atoms with Crippen molar-refractivity contribution in [2.75, 3.05) is 5.32 Å². The summed E-state index contributed by atoms with van der Waals surface area (Å²) in [7, 11) is 0. The van der Waals surface area contributed by atoms with Crippen LogP contribution in [0, 0.1) is 0 Å². The van der Waals surface area contributed by atoms with Crippen LogP contribution in [0.1, 0.15) is 23.0 Å². The van der Waals surface area contributed by atoms with Crippen molar-refractivity contribution in [3.8, 4) is 5.69 Å². The Morgan fingerprint density at radius 1 is 1.11 bits per heavy atom. The second-order valence-corrected chi connectivity index (χ2v) is 6.07. The highest BCUT2D eigenvalue weighted by molar-refractivity contribution is 6.05. The first-order valence-corrected chi connectivity index (χ1v) is 8.63. The fourth-order valence-corrected chi connectivity index (χ4v) is 3.04. The fourth-order valence-electron chi connectivity index (χ4n) is 3.04. The molecule has 1 N–H and O–H groups in total. The van der Waals surface area contributed by atoms with E-state index in [0.717, 1.165) is 16.8 Å². The molecular formula is C21H17N3O3. The van der Waals surface area contributed by atoms with Crippen LogP contribution in [0.25, 0.3) is 16.7 Å². The summed E-state index contributed by atoms with van der Waals surface area (Å²) in [5, 5.41) is 8.02. The first kappa shape index (κ1) is 16.8. The van der Waals surface area contributed by atoms with Crippen molar-refractivity contribution in [2.45, 2.75) is 13.3 Å². The van der Waals surface area contributed by atoms with Gasteiger partial charge >= 0.3 is 5.63 Å². The molecule has 2 aromatic carbocycles. The van der Waals surface area contributed by atoms with Crippen LogP contribution in [0.4, 0.5) is 5.69 Å². The van der Waals surface area contributed by atoms with E-state index < -0.39 is 5.63 Å². The third-order valence-electron chi connectivity index (χ3n) is 4.33. The molecule has 134 valence electrons. The van der Waals surface area contributed by atoms with E-state index in [1.165, 1.54) is 6.07 Å². The van der Waals surface area contributed by atoms with Crippen LogP contribution in [0.3, 0.4) is 0 Å². The number of hydrogen-bond donors (Lipinski definition) is 1. The van der Waals surface area contributed by atoms with E-state index in [4.69, 9.17) is 4.42 Å². The molecule has 4 rings (SSSR count). The third kappa shape index (κ3) is 3.25. The molecule has 0 atom stereocenters. The van der Waals surface area contributed by atoms with E-state index in [2.05, 4.69) is 10.4 Å². The molecule has 27 heavy (non-hydrogen) atoms. The van der Waals surface area contributed by atoms with E-state index in [1.54, 1.807) is 35.1 Å². The summed E-state index contributed by atoms with van der Waals surface area (Å²) >= 11 is 0. The summed E-state index contributed by atoms with van der Waals surface area (Å²) < 4.78 is 6.90. The zero-order chi connectivity index (χ0) is 18.8. The summed E-state index contributed by atoms with van der Waals surface area (Å²) in [6.07, 6.45) is 2.25. The van der Waals surface area contributed by atoms with Crippen LogP contribution >= 0.6 is 0 Å². The normalized spacial score (nSPS) is 10.9. The predicted molar refractivity (Wildman–Crippen MR) is 103 cm³/mol. The fraction of sp³-hybridized carbons (Fsp3) is 0.0952. The first-order chi connectivity index (χ1) is 13.2. The number of carbonyl (C=O) groups excluding carboxylic acids is 1. The molecule has 4 aromatic rings. The number of nitrogens with one attached hydrogen (secondary N) is 1. The maximum atomic E-state index is 12.8. The van der Waals surface area contributed by atoms with Crippen molar-refractivity contribution in [1.82, 2.24) is 9.78 Å². The van der Waals surface area contributed by atoms with Crippen LogP contribution in [0.2, 0.25) is 0 Å². The van der Waals surface area contributed by atoms with Gasteiger partial charge in [0.05, 0.1) is 23.1 Å². The lowest BCUT2D eigenvalue weighted by atomic mass is 10.1. The molecule has 0 saturated heterocycles. The zero-order valence-corrected chi connectivity index (χ0v) is 14.7. The summed E-state index contributed by atoms with van der Waals surface area (Å²) in [5.41, 5.74) is 2.98. The van der Waals surface area contributed by atoms with Gasteiger partial charge in [0, 0.05) is 17.1 Å². The van der Waals surface area contributed by atoms with Crippen LogP contribution in [0.15, 0.2) is 76.1 Å². The maximum absolute atomic E-state index is 12.8. The summed E-state index contributed by atoms with van der Waals surface area (Å²) in [6.45, 7) is 1.99. The van der Waals surface area contributed by atoms with Crippen LogP contribution in [-0.2, 0) is 6.42 Å². The second-order valence-electron chi connectivity index (χ2n) is 6.07. The minimum Gasteiger partial charge on any atom is -0.423 e. The van der Waals surface area contributed by atoms with Crippen LogP contribution < -0.4 is 10.9 Å². The Morgan fingerprint density at radius 2 is 1.93 bits per heavy atom. The van der Waals surface area contributed by atoms with Gasteiger partial charge in [0.15, 0.2) is 0 Å². The van der Waals surface area contributed by atoms with Gasteiger partial charge in [-0.05, 0) is 42.8 Å². The molecule has 2 heterocycles. The number of carbonyl (C=O) groups is 1. The molecule has 0 bridgehead atoms. The SMILES string of the molecule is CCc1c(C(=O)Nc2ccc3oc(=O)ccc3c2)cnn1-c1ccccc1. The van der Waals surface area contributed by atoms with Gasteiger partial charge in [0.1, 0.15) is 5.58 Å². The number of amides is 1. The van der Waals surface area contributed by atoms with E-state index in [9.17, 15) is 9.59 Å². The highest BCUT2D eigenvalue weighted by atomic mass is 16.4. The lowest BCUT2D eigenvalue weighted by molar-refractivity contribution is 0.102. The van der Waals surface area contributed by atoms with Gasteiger partial charge in [-0.2, -0.15) is 5.10 Å². The van der Waals surface area contributed by atoms with Gasteiger partial charge < -0.3 is 9.73 Å². The number of anilines is 1. The first-order valence-electron chi connectivity index (χ1n) is 8.63. The highest BCUT2D eigenvalue weighted by Gasteiger charge is 2.17. The van der Waals surface area contributed by atoms with Crippen molar-refractivity contribution in [3.63, 3.8) is 0 Å². The maximum Gasteiger partial charge on any atom is 0.336 e. The molecule has 0 saturated carbocycles. The third-order valence-corrected chi connectivity index (χ3v) is 4.33. The van der Waals surface area contributed by atoms with E-state index in [-0.39, 0.29) is 5.91 Å². The standard InChI is InChI=1S/C21H17N3O3/c1-2-18-17(13-22-24(18)16-6-4-3-5-7-16)21(26)23-15-9-10-19-14(12-15)8-11-20(25)27-19/h3-13H,2H2,1H3,(H,23,26). The van der Waals surface area contributed by atoms with Crippen LogP contribution in [-0.4, -0.2) is 15.7 Å². The number of fused-ring (bicyclic) bond motifs is 1. The number of hydrogen-bond acceptors (Lipinski definition) is 4. The minimum atomic E-state index is -0.403. The summed E-state index contributed by atoms with van der Waals surface area (Å²) in [5.74, 6) is -0.231. The Hall–Kier alpha value is -3.67. The van der Waals surface area contributed by atoms with E-state index in [0.29, 0.717) is 23.3 Å². The van der Waals surface area contributed by atoms with Gasteiger partial charge in [-0.25, -0.2) is 9.48 Å². The number of rotatable bonds is 4. The number of benzene rings is 2. The quantitative estimate of drug-likeness (QED) is 0.562. The summed E-state index contributed by atoms with van der Waals surface area (Å²) in [4.78, 5) is 24.1. The molecule has 0 aliphatic rings. The number of para-hydroxylation sites is 1. The minimum absolute atomic E-state index is 0.231. The van der Waals surface area contributed by atoms with E-state index in [1.807, 2.05) is 37.3 Å². The monoisotopic (exact) mass is 359 g/mol. The van der Waals surface area contributed by atoms with Crippen molar-refractivity contribution in [2.24, 2.45) is 0 Å². The largest absolute Gasteiger partial charge is 0.423 e. The predicted octanol–water partition coefficient (Wildman–Crippen LogP) is 3.79. The smallest absolute Gasteiger partial charge is 0.336 e. The Morgan fingerprint density at radius 3 is 2.70 bits per heavy atom. The molecule has 0 aliphatic heterocycles. The molecular weight excluding hydrogens is 342 g/mol. The Bertz CT molecular complexity index is 1180. The van der Waals surface area contributed by atoms with Crippen molar-refractivity contribution >= 4 is 22.6 Å². The molecule has 2 aromatic heterocycles. The van der Waals surface area contributed by atoms with Gasteiger partial charge in [-0.1, -0.05) is 25.1 Å². The van der Waals surface area contributed by atoms with Gasteiger partial charge in [0.2, 0.25) is 0 Å². The molecule has 0 spiro atoms. The van der Waals surface area contributed by atoms with Gasteiger partial charge in [0.25, 0.3) is 5.91 Å². The number of aromatic nitrogens is 2. The zero-order valence-electron chi connectivity index (χ0n) is 14.7. The lowest BCUT2D eigenvalue weighted by Crippen LogP contribution is -2.14. The second kappa shape index (κ2) is 6.92. The lowest BCUT2D eigenvalue weighted by Gasteiger charge is -2.09. The summed E-state index contributed by atoms with van der Waals surface area (Å²) in [6, 6.07) is 17.9. The topological polar surface area (TPSA) is 77.1 Å². The van der Waals surface area contributed by atoms with Gasteiger partial charge in [-0.3, -0.25) is 4.79 Å². The van der Waals surface area contributed by atoms with Crippen molar-refractivity contribution < 1.29 is 9.21 Å². The molecule has 0 aliphatic carbocycles. The van der Waals surface area contributed by atoms with Gasteiger partial charge in [-0.15, -0.1) is 0 Å². The number of nitrogens with zero attached hydrogens (tertiary/aromatic N) is 2. The van der Waals surface area contributed by atoms with Crippen LogP contribution in [0.5, 0.6) is 0 Å². The molecule has 0 unspecified atom stereocenters. The molecule has 6 nitrogen and oxygen atoms in total. The Balaban J connectivity index is 1.64. The average molecular weight is 359 g/mol. The van der Waals surface area contributed by atoms with Crippen molar-refractivity contribution in [1.29, 1.82) is 0 Å². The molecule has 1 amide bonds.